The van der Waals surface area contributed by atoms with E-state index in [4.69, 9.17) is 5.73 Å². The molecule has 2 unspecified atom stereocenters. The molecule has 1 aromatic carbocycles. The van der Waals surface area contributed by atoms with Crippen LogP contribution in [-0.2, 0) is 0 Å². The predicted molar refractivity (Wildman–Crippen MR) is 54.3 cm³/mol. The molecule has 1 rings (SSSR count). The number of benzene rings is 1. The van der Waals surface area contributed by atoms with Gasteiger partial charge in [-0.3, -0.25) is 0 Å². The van der Waals surface area contributed by atoms with Crippen LogP contribution >= 0.6 is 0 Å². The quantitative estimate of drug-likeness (QED) is 0.775. The molecule has 0 spiro atoms. The van der Waals surface area contributed by atoms with Crippen LogP contribution in [0.2, 0.25) is 0 Å². The fraction of sp³-hybridized carbons (Fsp3) is 0.455. The Morgan fingerprint density at radius 2 is 2.14 bits per heavy atom. The summed E-state index contributed by atoms with van der Waals surface area (Å²) < 4.78 is 13.3. The Morgan fingerprint density at radius 1 is 1.50 bits per heavy atom. The lowest BCUT2D eigenvalue weighted by Gasteiger charge is -2.18. The van der Waals surface area contributed by atoms with Gasteiger partial charge in [-0.1, -0.05) is 24.6 Å². The molecular formula is C11H16FNO. The molecule has 0 aliphatic carbocycles. The summed E-state index contributed by atoms with van der Waals surface area (Å²) in [6, 6.07) is 4.71. The maximum absolute atomic E-state index is 13.3. The average molecular weight is 197 g/mol. The minimum atomic E-state index is -0.820. The smallest absolute Gasteiger partial charge is 0.129 e. The molecule has 0 saturated carbocycles. The molecule has 0 aliphatic heterocycles. The fourth-order valence-electron chi connectivity index (χ4n) is 1.33. The fourth-order valence-corrected chi connectivity index (χ4v) is 1.33. The van der Waals surface area contributed by atoms with E-state index < -0.39 is 6.10 Å². The summed E-state index contributed by atoms with van der Waals surface area (Å²) in [4.78, 5) is 0. The largest absolute Gasteiger partial charge is 0.388 e. The van der Waals surface area contributed by atoms with Crippen molar-refractivity contribution in [2.24, 2.45) is 11.7 Å². The summed E-state index contributed by atoms with van der Waals surface area (Å²) in [6.07, 6.45) is -0.820. The highest BCUT2D eigenvalue weighted by atomic mass is 19.1. The van der Waals surface area contributed by atoms with E-state index in [2.05, 4.69) is 0 Å². The van der Waals surface area contributed by atoms with E-state index in [1.54, 1.807) is 19.1 Å². The molecule has 2 nitrogen and oxygen atoms in total. The van der Waals surface area contributed by atoms with E-state index in [1.165, 1.54) is 6.07 Å². The number of aliphatic hydroxyl groups is 1. The SMILES string of the molecule is Cc1ccc(F)c(C(O)C(C)CN)c1. The van der Waals surface area contributed by atoms with Gasteiger partial charge in [0, 0.05) is 5.56 Å². The Hall–Kier alpha value is -0.930. The van der Waals surface area contributed by atoms with Crippen molar-refractivity contribution in [1.29, 1.82) is 0 Å². The summed E-state index contributed by atoms with van der Waals surface area (Å²) in [5.41, 5.74) is 6.69. The molecule has 14 heavy (non-hydrogen) atoms. The van der Waals surface area contributed by atoms with Gasteiger partial charge in [0.05, 0.1) is 6.10 Å². The van der Waals surface area contributed by atoms with Gasteiger partial charge in [-0.2, -0.15) is 0 Å². The highest BCUT2D eigenvalue weighted by Crippen LogP contribution is 2.24. The zero-order valence-corrected chi connectivity index (χ0v) is 8.50. The van der Waals surface area contributed by atoms with E-state index in [9.17, 15) is 9.50 Å². The van der Waals surface area contributed by atoms with E-state index in [0.29, 0.717) is 12.1 Å². The van der Waals surface area contributed by atoms with Crippen LogP contribution in [0.3, 0.4) is 0 Å². The molecule has 1 aromatic rings. The molecule has 3 N–H and O–H groups in total. The van der Waals surface area contributed by atoms with Crippen molar-refractivity contribution in [3.05, 3.63) is 35.1 Å². The first-order valence-corrected chi connectivity index (χ1v) is 4.70. The Morgan fingerprint density at radius 3 is 2.71 bits per heavy atom. The van der Waals surface area contributed by atoms with Crippen LogP contribution in [0.15, 0.2) is 18.2 Å². The number of aryl methyl sites for hydroxylation is 1. The topological polar surface area (TPSA) is 46.2 Å². The Balaban J connectivity index is 2.99. The van der Waals surface area contributed by atoms with E-state index in [0.717, 1.165) is 5.56 Å². The molecule has 0 fully saturated rings. The van der Waals surface area contributed by atoms with Gasteiger partial charge < -0.3 is 10.8 Å². The van der Waals surface area contributed by atoms with Crippen LogP contribution in [0.4, 0.5) is 4.39 Å². The van der Waals surface area contributed by atoms with Gasteiger partial charge in [-0.05, 0) is 25.5 Å². The normalized spacial score (nSPS) is 15.2. The van der Waals surface area contributed by atoms with Crippen molar-refractivity contribution in [2.75, 3.05) is 6.54 Å². The third kappa shape index (κ3) is 2.30. The van der Waals surface area contributed by atoms with Crippen LogP contribution in [-0.4, -0.2) is 11.7 Å². The van der Waals surface area contributed by atoms with E-state index in [1.807, 2.05) is 6.92 Å². The first-order chi connectivity index (χ1) is 6.56. The third-order valence-corrected chi connectivity index (χ3v) is 2.38. The number of hydrogen-bond acceptors (Lipinski definition) is 2. The standard InChI is InChI=1S/C11H16FNO/c1-7-3-4-10(12)9(5-7)11(14)8(2)6-13/h3-5,8,11,14H,6,13H2,1-2H3. The lowest BCUT2D eigenvalue weighted by atomic mass is 9.96. The number of halogens is 1. The molecule has 78 valence electrons. The van der Waals surface area contributed by atoms with Crippen molar-refractivity contribution >= 4 is 0 Å². The molecule has 2 atom stereocenters. The molecule has 0 bridgehead atoms. The maximum atomic E-state index is 13.3. The van der Waals surface area contributed by atoms with Crippen molar-refractivity contribution in [1.82, 2.24) is 0 Å². The highest BCUT2D eigenvalue weighted by Gasteiger charge is 2.18. The van der Waals surface area contributed by atoms with E-state index >= 15 is 0 Å². The number of rotatable bonds is 3. The van der Waals surface area contributed by atoms with Gasteiger partial charge in [0.25, 0.3) is 0 Å². The number of hydrogen-bond donors (Lipinski definition) is 2. The first-order valence-electron chi connectivity index (χ1n) is 4.70. The van der Waals surface area contributed by atoms with Crippen LogP contribution in [0, 0.1) is 18.7 Å². The second kappa shape index (κ2) is 4.53. The van der Waals surface area contributed by atoms with Gasteiger partial charge in [0.2, 0.25) is 0 Å². The molecular weight excluding hydrogens is 181 g/mol. The van der Waals surface area contributed by atoms with Crippen LogP contribution in [0.1, 0.15) is 24.2 Å². The van der Waals surface area contributed by atoms with Gasteiger partial charge in [-0.25, -0.2) is 4.39 Å². The molecule has 0 radical (unpaired) electrons. The Labute approximate surface area is 83.6 Å². The maximum Gasteiger partial charge on any atom is 0.129 e. The van der Waals surface area contributed by atoms with Crippen molar-refractivity contribution in [3.8, 4) is 0 Å². The second-order valence-electron chi connectivity index (χ2n) is 3.68. The minimum absolute atomic E-state index is 0.133. The van der Waals surface area contributed by atoms with Crippen LogP contribution in [0.5, 0.6) is 0 Å². The average Bonchev–Trinajstić information content (AvgIpc) is 2.19. The predicted octanol–water partition coefficient (Wildman–Crippen LogP) is 1.76. The van der Waals surface area contributed by atoms with Crippen LogP contribution in [0.25, 0.3) is 0 Å². The van der Waals surface area contributed by atoms with Crippen molar-refractivity contribution in [3.63, 3.8) is 0 Å². The molecule has 0 saturated heterocycles. The molecule has 0 aliphatic rings. The highest BCUT2D eigenvalue weighted by molar-refractivity contribution is 5.26. The molecule has 0 amide bonds. The summed E-state index contributed by atoms with van der Waals surface area (Å²) in [5, 5.41) is 9.77. The lowest BCUT2D eigenvalue weighted by Crippen LogP contribution is -2.19. The first kappa shape index (κ1) is 11.1. The van der Waals surface area contributed by atoms with Gasteiger partial charge in [0.15, 0.2) is 0 Å². The van der Waals surface area contributed by atoms with Crippen molar-refractivity contribution < 1.29 is 9.50 Å². The zero-order valence-electron chi connectivity index (χ0n) is 8.50. The lowest BCUT2D eigenvalue weighted by molar-refractivity contribution is 0.117. The van der Waals surface area contributed by atoms with Gasteiger partial charge >= 0.3 is 0 Å². The molecule has 0 aromatic heterocycles. The molecule has 0 heterocycles. The number of nitrogens with two attached hydrogens (primary N) is 1. The van der Waals surface area contributed by atoms with Crippen molar-refractivity contribution in [2.45, 2.75) is 20.0 Å². The monoisotopic (exact) mass is 197 g/mol. The minimum Gasteiger partial charge on any atom is -0.388 e. The van der Waals surface area contributed by atoms with Crippen LogP contribution < -0.4 is 5.73 Å². The Bertz CT molecular complexity index is 314. The summed E-state index contributed by atoms with van der Waals surface area (Å²) in [6.45, 7) is 4.00. The number of aliphatic hydroxyl groups excluding tert-OH is 1. The molecule has 3 heteroatoms. The van der Waals surface area contributed by atoms with Gasteiger partial charge in [0.1, 0.15) is 5.82 Å². The summed E-state index contributed by atoms with van der Waals surface area (Å²) >= 11 is 0. The summed E-state index contributed by atoms with van der Waals surface area (Å²) in [5.74, 6) is -0.505. The second-order valence-corrected chi connectivity index (χ2v) is 3.68. The van der Waals surface area contributed by atoms with E-state index in [-0.39, 0.29) is 11.7 Å². The Kier molecular flexibility index (Phi) is 3.61. The van der Waals surface area contributed by atoms with Gasteiger partial charge in [-0.15, -0.1) is 0 Å². The summed E-state index contributed by atoms with van der Waals surface area (Å²) in [7, 11) is 0. The zero-order chi connectivity index (χ0) is 10.7. The third-order valence-electron chi connectivity index (χ3n) is 2.38.